The third-order valence-electron chi connectivity index (χ3n) is 2.20. The van der Waals surface area contributed by atoms with Crippen molar-refractivity contribution in [3.8, 4) is 18.1 Å². The summed E-state index contributed by atoms with van der Waals surface area (Å²) in [6.07, 6.45) is 5.14. The smallest absolute Gasteiger partial charge is 0.216 e. The number of methoxy groups -OCH3 is 1. The van der Waals surface area contributed by atoms with Gasteiger partial charge in [0.25, 0.3) is 0 Å². The van der Waals surface area contributed by atoms with E-state index in [4.69, 9.17) is 11.2 Å². The fourth-order valence-corrected chi connectivity index (χ4v) is 3.25. The number of benzene rings is 1. The second-order valence-electron chi connectivity index (χ2n) is 3.72. The van der Waals surface area contributed by atoms with Crippen LogP contribution in [0.3, 0.4) is 0 Å². The van der Waals surface area contributed by atoms with Gasteiger partial charge in [0.2, 0.25) is 10.0 Å². The third kappa shape index (κ3) is 4.33. The van der Waals surface area contributed by atoms with Crippen molar-refractivity contribution in [3.63, 3.8) is 0 Å². The maximum Gasteiger partial charge on any atom is 0.216 e. The molecule has 98 valence electrons. The van der Waals surface area contributed by atoms with Crippen LogP contribution >= 0.6 is 15.9 Å². The number of terminal acetylenes is 1. The number of ether oxygens (including phenoxy) is 1. The van der Waals surface area contributed by atoms with Crippen LogP contribution in [-0.2, 0) is 15.8 Å². The van der Waals surface area contributed by atoms with E-state index >= 15 is 0 Å². The van der Waals surface area contributed by atoms with Gasteiger partial charge in [0.1, 0.15) is 5.75 Å². The Bertz CT molecular complexity index is 563. The van der Waals surface area contributed by atoms with Crippen LogP contribution in [0.2, 0.25) is 0 Å². The van der Waals surface area contributed by atoms with Gasteiger partial charge in [-0.2, -0.15) is 0 Å². The minimum Gasteiger partial charge on any atom is -0.497 e. The highest BCUT2D eigenvalue weighted by Gasteiger charge is 2.16. The van der Waals surface area contributed by atoms with Crippen LogP contribution in [0.5, 0.6) is 5.75 Å². The summed E-state index contributed by atoms with van der Waals surface area (Å²) in [4.78, 5) is 0. The summed E-state index contributed by atoms with van der Waals surface area (Å²) in [5.41, 5.74) is 0.617. The zero-order valence-corrected chi connectivity index (χ0v) is 12.5. The highest BCUT2D eigenvalue weighted by atomic mass is 79.9. The number of rotatable bonds is 5. The van der Waals surface area contributed by atoms with Crippen LogP contribution in [0.25, 0.3) is 0 Å². The van der Waals surface area contributed by atoms with Crippen molar-refractivity contribution in [2.45, 2.75) is 18.7 Å². The van der Waals surface area contributed by atoms with Gasteiger partial charge in [-0.15, -0.1) is 6.42 Å². The Morgan fingerprint density at radius 3 is 2.78 bits per heavy atom. The Morgan fingerprint density at radius 2 is 2.22 bits per heavy atom. The van der Waals surface area contributed by atoms with Gasteiger partial charge in [-0.25, -0.2) is 13.1 Å². The first kappa shape index (κ1) is 15.0. The van der Waals surface area contributed by atoms with Crippen LogP contribution in [-0.4, -0.2) is 21.6 Å². The summed E-state index contributed by atoms with van der Waals surface area (Å²) in [5.74, 6) is 2.77. The van der Waals surface area contributed by atoms with Gasteiger partial charge in [0.15, 0.2) is 0 Å². The predicted molar refractivity (Wildman–Crippen MR) is 74.7 cm³/mol. The molecule has 0 saturated heterocycles. The van der Waals surface area contributed by atoms with Gasteiger partial charge < -0.3 is 4.74 Å². The molecule has 1 aromatic rings. The molecule has 1 N–H and O–H groups in total. The molecule has 0 heterocycles. The molecule has 0 saturated carbocycles. The largest absolute Gasteiger partial charge is 0.497 e. The SMILES string of the molecule is C#CC(C)NS(=O)(=O)Cc1cc(OC)ccc1Br. The quantitative estimate of drug-likeness (QED) is 0.838. The van der Waals surface area contributed by atoms with Crippen LogP contribution in [0.4, 0.5) is 0 Å². The van der Waals surface area contributed by atoms with Gasteiger partial charge in [-0.05, 0) is 30.7 Å². The van der Waals surface area contributed by atoms with E-state index in [1.165, 1.54) is 7.11 Å². The van der Waals surface area contributed by atoms with Crippen molar-refractivity contribution in [2.75, 3.05) is 7.11 Å². The Labute approximate surface area is 116 Å². The number of halogens is 1. The molecular formula is C12H14BrNO3S. The van der Waals surface area contributed by atoms with Crippen molar-refractivity contribution >= 4 is 26.0 Å². The summed E-state index contributed by atoms with van der Waals surface area (Å²) in [6.45, 7) is 1.61. The van der Waals surface area contributed by atoms with E-state index in [2.05, 4.69) is 26.6 Å². The summed E-state index contributed by atoms with van der Waals surface area (Å²) >= 11 is 3.31. The number of nitrogens with one attached hydrogen (secondary N) is 1. The molecule has 1 atom stereocenters. The zero-order valence-electron chi connectivity index (χ0n) is 10.1. The van der Waals surface area contributed by atoms with Gasteiger partial charge in [-0.1, -0.05) is 21.9 Å². The van der Waals surface area contributed by atoms with E-state index < -0.39 is 16.1 Å². The average molecular weight is 332 g/mol. The minimum absolute atomic E-state index is 0.156. The lowest BCUT2D eigenvalue weighted by Crippen LogP contribution is -2.32. The molecule has 1 unspecified atom stereocenters. The van der Waals surface area contributed by atoms with E-state index in [0.717, 1.165) is 0 Å². The number of sulfonamides is 1. The Morgan fingerprint density at radius 1 is 1.56 bits per heavy atom. The molecular weight excluding hydrogens is 318 g/mol. The molecule has 0 amide bonds. The third-order valence-corrected chi connectivity index (χ3v) is 4.38. The highest BCUT2D eigenvalue weighted by Crippen LogP contribution is 2.24. The van der Waals surface area contributed by atoms with Crippen molar-refractivity contribution in [1.82, 2.24) is 4.72 Å². The predicted octanol–water partition coefficient (Wildman–Crippen LogP) is 1.90. The molecule has 0 bridgehead atoms. The van der Waals surface area contributed by atoms with Gasteiger partial charge in [0.05, 0.1) is 18.9 Å². The summed E-state index contributed by atoms with van der Waals surface area (Å²) in [5, 5.41) is 0. The van der Waals surface area contributed by atoms with Crippen LogP contribution in [0.1, 0.15) is 12.5 Å². The minimum atomic E-state index is -3.47. The fourth-order valence-electron chi connectivity index (χ4n) is 1.34. The second-order valence-corrected chi connectivity index (χ2v) is 6.33. The molecule has 0 aliphatic carbocycles. The van der Waals surface area contributed by atoms with Gasteiger partial charge in [-0.3, -0.25) is 0 Å². The van der Waals surface area contributed by atoms with Crippen molar-refractivity contribution in [2.24, 2.45) is 0 Å². The van der Waals surface area contributed by atoms with E-state index in [1.807, 2.05) is 0 Å². The first-order valence-corrected chi connectivity index (χ1v) is 7.61. The molecule has 1 aromatic carbocycles. The van der Waals surface area contributed by atoms with Crippen LogP contribution in [0, 0.1) is 12.3 Å². The second kappa shape index (κ2) is 6.23. The van der Waals surface area contributed by atoms with E-state index in [9.17, 15) is 8.42 Å². The van der Waals surface area contributed by atoms with Crippen LogP contribution < -0.4 is 9.46 Å². The van der Waals surface area contributed by atoms with E-state index in [1.54, 1.807) is 25.1 Å². The first-order valence-electron chi connectivity index (χ1n) is 5.16. The normalized spacial score (nSPS) is 12.8. The lowest BCUT2D eigenvalue weighted by Gasteiger charge is -2.11. The van der Waals surface area contributed by atoms with Gasteiger partial charge >= 0.3 is 0 Å². The molecule has 0 aromatic heterocycles. The Balaban J connectivity index is 2.94. The summed E-state index contributed by atoms with van der Waals surface area (Å²) < 4.78 is 31.9. The van der Waals surface area contributed by atoms with Gasteiger partial charge in [0, 0.05) is 4.47 Å². The molecule has 0 aliphatic heterocycles. The molecule has 0 aliphatic rings. The standard InChI is InChI=1S/C12H14BrNO3S/c1-4-9(2)14-18(15,16)8-10-7-11(17-3)5-6-12(10)13/h1,5-7,9,14H,8H2,2-3H3. The van der Waals surface area contributed by atoms with Crippen molar-refractivity contribution < 1.29 is 13.2 Å². The molecule has 6 heteroatoms. The van der Waals surface area contributed by atoms with Crippen LogP contribution in [0.15, 0.2) is 22.7 Å². The molecule has 0 radical (unpaired) electrons. The summed E-state index contributed by atoms with van der Waals surface area (Å²) in [7, 11) is -1.94. The molecule has 18 heavy (non-hydrogen) atoms. The fraction of sp³-hybridized carbons (Fsp3) is 0.333. The zero-order chi connectivity index (χ0) is 13.8. The van der Waals surface area contributed by atoms with Crippen molar-refractivity contribution in [1.29, 1.82) is 0 Å². The molecule has 4 nitrogen and oxygen atoms in total. The summed E-state index contributed by atoms with van der Waals surface area (Å²) in [6, 6.07) is 4.63. The number of hydrogen-bond donors (Lipinski definition) is 1. The van der Waals surface area contributed by atoms with Crippen molar-refractivity contribution in [3.05, 3.63) is 28.2 Å². The maximum atomic E-state index is 11.9. The van der Waals surface area contributed by atoms with E-state index in [0.29, 0.717) is 15.8 Å². The molecule has 0 spiro atoms. The highest BCUT2D eigenvalue weighted by molar-refractivity contribution is 9.10. The molecule has 0 fully saturated rings. The lowest BCUT2D eigenvalue weighted by molar-refractivity contribution is 0.414. The first-order chi connectivity index (χ1) is 8.38. The van der Waals surface area contributed by atoms with E-state index in [-0.39, 0.29) is 5.75 Å². The lowest BCUT2D eigenvalue weighted by atomic mass is 10.2. The number of hydrogen-bond acceptors (Lipinski definition) is 3. The maximum absolute atomic E-state index is 11.9. The topological polar surface area (TPSA) is 55.4 Å². The molecule has 1 rings (SSSR count). The Kier molecular flexibility index (Phi) is 5.20. The Hall–Kier alpha value is -1.03. The average Bonchev–Trinajstić information content (AvgIpc) is 2.31. The monoisotopic (exact) mass is 331 g/mol.